The quantitative estimate of drug-likeness (QED) is 0.440. The Morgan fingerprint density at radius 2 is 1.50 bits per heavy atom. The fourth-order valence-corrected chi connectivity index (χ4v) is 2.70. The Labute approximate surface area is 176 Å². The van der Waals surface area contributed by atoms with Gasteiger partial charge in [0.05, 0.1) is 45.8 Å². The van der Waals surface area contributed by atoms with Gasteiger partial charge in [0, 0.05) is 18.6 Å². The van der Waals surface area contributed by atoms with Crippen LogP contribution in [0.3, 0.4) is 0 Å². The molecule has 2 rings (SSSR count). The van der Waals surface area contributed by atoms with Gasteiger partial charge in [-0.2, -0.15) is 0 Å². The van der Waals surface area contributed by atoms with Crippen molar-refractivity contribution < 1.29 is 33.3 Å². The third-order valence-corrected chi connectivity index (χ3v) is 4.15. The zero-order valence-electron chi connectivity index (χ0n) is 17.7. The number of hydrogen-bond acceptors (Lipinski definition) is 7. The summed E-state index contributed by atoms with van der Waals surface area (Å²) < 4.78 is 26.3. The highest BCUT2D eigenvalue weighted by atomic mass is 16.5. The van der Waals surface area contributed by atoms with Crippen molar-refractivity contribution in [2.75, 3.05) is 39.9 Å². The van der Waals surface area contributed by atoms with E-state index in [1.807, 2.05) is 31.2 Å². The molecular formula is C22H27NO7. The molecule has 0 saturated heterocycles. The molecule has 0 aliphatic rings. The molecule has 1 N–H and O–H groups in total. The van der Waals surface area contributed by atoms with Crippen LogP contribution in [0.2, 0.25) is 0 Å². The van der Waals surface area contributed by atoms with Gasteiger partial charge in [0.1, 0.15) is 11.5 Å². The third kappa shape index (κ3) is 6.30. The van der Waals surface area contributed by atoms with Gasteiger partial charge in [-0.15, -0.1) is 0 Å². The molecule has 0 unspecified atom stereocenters. The molecule has 0 saturated carbocycles. The van der Waals surface area contributed by atoms with Crippen molar-refractivity contribution in [3.63, 3.8) is 0 Å². The molecule has 0 fully saturated rings. The Kier molecular flexibility index (Phi) is 8.80. The highest BCUT2D eigenvalue weighted by molar-refractivity contribution is 6.02. The first-order valence-corrected chi connectivity index (χ1v) is 9.52. The maximum atomic E-state index is 12.4. The molecule has 30 heavy (non-hydrogen) atoms. The number of nitrogens with one attached hydrogen (secondary N) is 1. The standard InChI is InChI=1S/C22H27NO7/c1-5-29-15-8-10-16(11-9-15)30-12-6-7-21(24)23-18-14-20(27-3)19(26-2)13-17(18)22(25)28-4/h8-11,13-14H,5-7,12H2,1-4H3,(H,23,24). The van der Waals surface area contributed by atoms with Crippen LogP contribution in [0.4, 0.5) is 5.69 Å². The van der Waals surface area contributed by atoms with Gasteiger partial charge in [-0.05, 0) is 37.6 Å². The van der Waals surface area contributed by atoms with Gasteiger partial charge in [0.15, 0.2) is 11.5 Å². The van der Waals surface area contributed by atoms with Crippen molar-refractivity contribution in [2.45, 2.75) is 19.8 Å². The van der Waals surface area contributed by atoms with E-state index in [9.17, 15) is 9.59 Å². The Bertz CT molecular complexity index is 849. The fourth-order valence-electron chi connectivity index (χ4n) is 2.70. The van der Waals surface area contributed by atoms with Gasteiger partial charge in [-0.3, -0.25) is 4.79 Å². The number of rotatable bonds is 11. The van der Waals surface area contributed by atoms with E-state index >= 15 is 0 Å². The molecule has 162 valence electrons. The van der Waals surface area contributed by atoms with Crippen molar-refractivity contribution in [1.82, 2.24) is 0 Å². The number of methoxy groups -OCH3 is 3. The molecule has 2 aromatic rings. The van der Waals surface area contributed by atoms with Crippen LogP contribution in [-0.4, -0.2) is 46.4 Å². The lowest BCUT2D eigenvalue weighted by Gasteiger charge is -2.14. The van der Waals surface area contributed by atoms with Crippen LogP contribution in [-0.2, 0) is 9.53 Å². The summed E-state index contributed by atoms with van der Waals surface area (Å²) in [6.07, 6.45) is 0.714. The molecule has 0 aliphatic heterocycles. The first kappa shape index (κ1) is 22.9. The second-order valence-electron chi connectivity index (χ2n) is 6.15. The number of benzene rings is 2. The zero-order valence-corrected chi connectivity index (χ0v) is 17.7. The second-order valence-corrected chi connectivity index (χ2v) is 6.15. The number of carbonyl (C=O) groups is 2. The van der Waals surface area contributed by atoms with E-state index in [1.54, 1.807) is 0 Å². The molecule has 0 atom stereocenters. The summed E-state index contributed by atoms with van der Waals surface area (Å²) in [4.78, 5) is 24.4. The number of hydrogen-bond donors (Lipinski definition) is 1. The average molecular weight is 417 g/mol. The summed E-state index contributed by atoms with van der Waals surface area (Å²) in [6, 6.07) is 10.3. The minimum atomic E-state index is -0.593. The summed E-state index contributed by atoms with van der Waals surface area (Å²) in [5.41, 5.74) is 0.464. The predicted octanol–water partition coefficient (Wildman–Crippen LogP) is 3.69. The first-order chi connectivity index (χ1) is 14.5. The van der Waals surface area contributed by atoms with Crippen molar-refractivity contribution in [3.8, 4) is 23.0 Å². The van der Waals surface area contributed by atoms with Crippen LogP contribution in [0.1, 0.15) is 30.1 Å². The molecule has 0 heterocycles. The summed E-state index contributed by atoms with van der Waals surface area (Å²) in [7, 11) is 4.20. The SMILES string of the molecule is CCOc1ccc(OCCCC(=O)Nc2cc(OC)c(OC)cc2C(=O)OC)cc1. The van der Waals surface area contributed by atoms with E-state index in [4.69, 9.17) is 23.7 Å². The fraction of sp³-hybridized carbons (Fsp3) is 0.364. The van der Waals surface area contributed by atoms with E-state index < -0.39 is 5.97 Å². The van der Waals surface area contributed by atoms with Crippen LogP contribution in [0.15, 0.2) is 36.4 Å². The van der Waals surface area contributed by atoms with Crippen LogP contribution >= 0.6 is 0 Å². The maximum Gasteiger partial charge on any atom is 0.340 e. The largest absolute Gasteiger partial charge is 0.494 e. The second kappa shape index (κ2) is 11.5. The van der Waals surface area contributed by atoms with E-state index in [1.165, 1.54) is 33.5 Å². The van der Waals surface area contributed by atoms with Crippen molar-refractivity contribution in [2.24, 2.45) is 0 Å². The number of ether oxygens (including phenoxy) is 5. The molecule has 0 spiro atoms. The van der Waals surface area contributed by atoms with Crippen molar-refractivity contribution >= 4 is 17.6 Å². The minimum absolute atomic E-state index is 0.175. The van der Waals surface area contributed by atoms with Crippen LogP contribution < -0.4 is 24.3 Å². The van der Waals surface area contributed by atoms with Crippen LogP contribution in [0.25, 0.3) is 0 Å². The number of anilines is 1. The normalized spacial score (nSPS) is 10.1. The van der Waals surface area contributed by atoms with Crippen LogP contribution in [0, 0.1) is 0 Å². The van der Waals surface area contributed by atoms with E-state index in [-0.39, 0.29) is 23.6 Å². The third-order valence-electron chi connectivity index (χ3n) is 4.15. The van der Waals surface area contributed by atoms with Gasteiger partial charge in [0.25, 0.3) is 0 Å². The summed E-state index contributed by atoms with van der Waals surface area (Å²) in [6.45, 7) is 2.90. The monoisotopic (exact) mass is 417 g/mol. The number of esters is 1. The zero-order chi connectivity index (χ0) is 21.9. The molecule has 0 aliphatic carbocycles. The molecule has 0 aromatic heterocycles. The summed E-state index contributed by atoms with van der Waals surface area (Å²) >= 11 is 0. The Morgan fingerprint density at radius 3 is 2.07 bits per heavy atom. The van der Waals surface area contributed by atoms with Crippen LogP contribution in [0.5, 0.6) is 23.0 Å². The molecule has 1 amide bonds. The first-order valence-electron chi connectivity index (χ1n) is 9.52. The summed E-state index contributed by atoms with van der Waals surface area (Å²) in [5, 5.41) is 2.72. The molecule has 2 aromatic carbocycles. The van der Waals surface area contributed by atoms with E-state index in [2.05, 4.69) is 5.32 Å². The lowest BCUT2D eigenvalue weighted by Crippen LogP contribution is -2.16. The topological polar surface area (TPSA) is 92.3 Å². The van der Waals surface area contributed by atoms with Gasteiger partial charge >= 0.3 is 5.97 Å². The maximum absolute atomic E-state index is 12.4. The molecule has 0 radical (unpaired) electrons. The molecule has 0 bridgehead atoms. The van der Waals surface area contributed by atoms with Gasteiger partial charge < -0.3 is 29.0 Å². The Balaban J connectivity index is 1.92. The summed E-state index contributed by atoms with van der Waals surface area (Å²) in [5.74, 6) is 1.37. The molecule has 8 nitrogen and oxygen atoms in total. The van der Waals surface area contributed by atoms with Gasteiger partial charge in [0.2, 0.25) is 5.91 Å². The number of carbonyl (C=O) groups excluding carboxylic acids is 2. The Hall–Kier alpha value is -3.42. The molecule has 8 heteroatoms. The minimum Gasteiger partial charge on any atom is -0.494 e. The van der Waals surface area contributed by atoms with Crippen molar-refractivity contribution in [1.29, 1.82) is 0 Å². The highest BCUT2D eigenvalue weighted by Gasteiger charge is 2.19. The predicted molar refractivity (Wildman–Crippen MR) is 112 cm³/mol. The lowest BCUT2D eigenvalue weighted by atomic mass is 10.1. The van der Waals surface area contributed by atoms with E-state index in [0.717, 1.165) is 5.75 Å². The van der Waals surface area contributed by atoms with Gasteiger partial charge in [-0.1, -0.05) is 0 Å². The smallest absolute Gasteiger partial charge is 0.340 e. The molecular weight excluding hydrogens is 390 g/mol. The Morgan fingerprint density at radius 1 is 0.900 bits per heavy atom. The van der Waals surface area contributed by atoms with E-state index in [0.29, 0.717) is 36.9 Å². The lowest BCUT2D eigenvalue weighted by molar-refractivity contribution is -0.116. The number of amides is 1. The van der Waals surface area contributed by atoms with Crippen molar-refractivity contribution in [3.05, 3.63) is 42.0 Å². The van der Waals surface area contributed by atoms with Gasteiger partial charge in [-0.25, -0.2) is 4.79 Å². The highest BCUT2D eigenvalue weighted by Crippen LogP contribution is 2.33. The average Bonchev–Trinajstić information content (AvgIpc) is 2.77.